The Balaban J connectivity index is 1.51. The van der Waals surface area contributed by atoms with Crippen molar-refractivity contribution < 1.29 is 14.0 Å². The largest absolute Gasteiger partial charge is 0.472 e. The number of amides is 2. The van der Waals surface area contributed by atoms with Gasteiger partial charge in [0.05, 0.1) is 25.0 Å². The minimum atomic E-state index is -0.411. The fourth-order valence-electron chi connectivity index (χ4n) is 2.41. The van der Waals surface area contributed by atoms with E-state index in [2.05, 4.69) is 15.3 Å². The highest BCUT2D eigenvalue weighted by Gasteiger charge is 2.32. The van der Waals surface area contributed by atoms with E-state index in [9.17, 15) is 14.4 Å². The highest BCUT2D eigenvalue weighted by atomic mass is 16.3. The van der Waals surface area contributed by atoms with Gasteiger partial charge >= 0.3 is 0 Å². The number of carbonyl (C=O) groups is 2. The fourth-order valence-corrected chi connectivity index (χ4v) is 2.41. The van der Waals surface area contributed by atoms with Gasteiger partial charge in [0.2, 0.25) is 5.91 Å². The van der Waals surface area contributed by atoms with E-state index >= 15 is 0 Å². The highest BCUT2D eigenvalue weighted by molar-refractivity contribution is 5.92. The molecule has 120 valence electrons. The molecule has 0 spiro atoms. The van der Waals surface area contributed by atoms with Crippen LogP contribution in [0.1, 0.15) is 21.9 Å². The molecule has 0 atom stereocenters. The first-order chi connectivity index (χ1) is 11.0. The van der Waals surface area contributed by atoms with Crippen LogP contribution in [0.5, 0.6) is 0 Å². The number of nitrogens with zero attached hydrogens (tertiary/aromatic N) is 2. The second-order valence-corrected chi connectivity index (χ2v) is 5.49. The third kappa shape index (κ3) is 3.47. The number of aromatic amines is 1. The molecule has 0 saturated carbocycles. The Morgan fingerprint density at radius 2 is 2.26 bits per heavy atom. The molecular formula is C15H16N4O4. The van der Waals surface area contributed by atoms with E-state index in [-0.39, 0.29) is 29.6 Å². The number of nitrogens with one attached hydrogen (secondary N) is 2. The van der Waals surface area contributed by atoms with Crippen LogP contribution in [-0.2, 0) is 11.2 Å². The number of rotatable bonds is 4. The molecule has 8 nitrogen and oxygen atoms in total. The number of hydrogen-bond donors (Lipinski definition) is 2. The maximum absolute atomic E-state index is 12.0. The predicted molar refractivity (Wildman–Crippen MR) is 79.8 cm³/mol. The van der Waals surface area contributed by atoms with Crippen LogP contribution in [0.2, 0.25) is 0 Å². The maximum atomic E-state index is 12.0. The summed E-state index contributed by atoms with van der Waals surface area (Å²) < 4.78 is 4.93. The SMILES string of the molecule is Cc1nc(C(=O)NC2CN(C(=O)Cc3ccoc3)C2)cc(=O)[nH]1. The van der Waals surface area contributed by atoms with E-state index in [1.165, 1.54) is 12.5 Å². The highest BCUT2D eigenvalue weighted by Crippen LogP contribution is 2.12. The Bertz CT molecular complexity index is 775. The first-order valence-electron chi connectivity index (χ1n) is 7.19. The van der Waals surface area contributed by atoms with Crippen molar-refractivity contribution in [3.8, 4) is 0 Å². The van der Waals surface area contributed by atoms with Crippen LogP contribution in [0.3, 0.4) is 0 Å². The average Bonchev–Trinajstić information content (AvgIpc) is 2.93. The van der Waals surface area contributed by atoms with Crippen molar-refractivity contribution in [3.05, 3.63) is 52.1 Å². The van der Waals surface area contributed by atoms with Crippen molar-refractivity contribution in [2.45, 2.75) is 19.4 Å². The molecule has 0 bridgehead atoms. The van der Waals surface area contributed by atoms with Gasteiger partial charge in [-0.05, 0) is 18.6 Å². The predicted octanol–water partition coefficient (Wildman–Crippen LogP) is -0.145. The normalized spacial score (nSPS) is 14.4. The van der Waals surface area contributed by atoms with Gasteiger partial charge in [-0.25, -0.2) is 4.98 Å². The summed E-state index contributed by atoms with van der Waals surface area (Å²) >= 11 is 0. The van der Waals surface area contributed by atoms with Gasteiger partial charge in [0.25, 0.3) is 11.5 Å². The lowest BCUT2D eigenvalue weighted by Crippen LogP contribution is -2.61. The summed E-state index contributed by atoms with van der Waals surface area (Å²) in [6, 6.07) is 2.78. The second kappa shape index (κ2) is 6.07. The van der Waals surface area contributed by atoms with Gasteiger partial charge in [0, 0.05) is 19.2 Å². The quantitative estimate of drug-likeness (QED) is 0.816. The summed E-state index contributed by atoms with van der Waals surface area (Å²) in [4.78, 5) is 43.5. The summed E-state index contributed by atoms with van der Waals surface area (Å²) in [7, 11) is 0. The standard InChI is InChI=1S/C15H16N4O4/c1-9-16-12(5-13(20)17-9)15(22)18-11-6-19(7-11)14(21)4-10-2-3-23-8-10/h2-3,5,8,11H,4,6-7H2,1H3,(H,18,22)(H,16,17,20). The van der Waals surface area contributed by atoms with Gasteiger partial charge in [-0.2, -0.15) is 0 Å². The first-order valence-corrected chi connectivity index (χ1v) is 7.19. The zero-order valence-corrected chi connectivity index (χ0v) is 12.5. The zero-order chi connectivity index (χ0) is 16.4. The summed E-state index contributed by atoms with van der Waals surface area (Å²) in [5, 5.41) is 2.76. The van der Waals surface area contributed by atoms with E-state index in [1.807, 2.05) is 0 Å². The van der Waals surface area contributed by atoms with E-state index in [1.54, 1.807) is 17.9 Å². The molecule has 0 radical (unpaired) electrons. The molecule has 2 aromatic rings. The smallest absolute Gasteiger partial charge is 0.270 e. The monoisotopic (exact) mass is 316 g/mol. The van der Waals surface area contributed by atoms with Crippen LogP contribution in [0, 0.1) is 6.92 Å². The van der Waals surface area contributed by atoms with Gasteiger partial charge in [-0.1, -0.05) is 0 Å². The average molecular weight is 316 g/mol. The Hall–Kier alpha value is -2.90. The number of furan rings is 1. The first kappa shape index (κ1) is 15.0. The van der Waals surface area contributed by atoms with Gasteiger partial charge in [-0.3, -0.25) is 14.4 Å². The zero-order valence-electron chi connectivity index (χ0n) is 12.5. The Morgan fingerprint density at radius 3 is 2.91 bits per heavy atom. The summed E-state index contributed by atoms with van der Waals surface area (Å²) in [6.07, 6.45) is 3.35. The molecule has 2 aromatic heterocycles. The lowest BCUT2D eigenvalue weighted by Gasteiger charge is -2.39. The summed E-state index contributed by atoms with van der Waals surface area (Å²) in [5.74, 6) is -0.0404. The van der Waals surface area contributed by atoms with Crippen molar-refractivity contribution >= 4 is 11.8 Å². The number of likely N-dealkylation sites (tertiary alicyclic amines) is 1. The summed E-state index contributed by atoms with van der Waals surface area (Å²) in [5.41, 5.74) is 0.535. The lowest BCUT2D eigenvalue weighted by molar-refractivity contribution is -0.135. The van der Waals surface area contributed by atoms with Gasteiger partial charge in [0.1, 0.15) is 11.5 Å². The van der Waals surface area contributed by atoms with Gasteiger partial charge in [-0.15, -0.1) is 0 Å². The van der Waals surface area contributed by atoms with Crippen molar-refractivity contribution in [1.82, 2.24) is 20.2 Å². The molecule has 0 aliphatic carbocycles. The Labute approximate surface area is 131 Å². The van der Waals surface area contributed by atoms with Gasteiger partial charge < -0.3 is 19.6 Å². The second-order valence-electron chi connectivity index (χ2n) is 5.49. The van der Waals surface area contributed by atoms with Crippen molar-refractivity contribution in [1.29, 1.82) is 0 Å². The molecule has 2 amide bonds. The number of carbonyl (C=O) groups excluding carboxylic acids is 2. The molecule has 1 saturated heterocycles. The molecule has 0 unspecified atom stereocenters. The third-order valence-corrected chi connectivity index (χ3v) is 3.60. The third-order valence-electron chi connectivity index (χ3n) is 3.60. The molecule has 2 N–H and O–H groups in total. The lowest BCUT2D eigenvalue weighted by atomic mass is 10.1. The molecule has 1 aliphatic heterocycles. The van der Waals surface area contributed by atoms with E-state index in [0.29, 0.717) is 18.9 Å². The molecule has 23 heavy (non-hydrogen) atoms. The van der Waals surface area contributed by atoms with Crippen LogP contribution in [0.4, 0.5) is 0 Å². The molecule has 8 heteroatoms. The number of aromatic nitrogens is 2. The van der Waals surface area contributed by atoms with Crippen LogP contribution in [0.25, 0.3) is 0 Å². The Kier molecular flexibility index (Phi) is 3.96. The van der Waals surface area contributed by atoms with Crippen LogP contribution in [0.15, 0.2) is 33.9 Å². The minimum absolute atomic E-state index is 0.0120. The topological polar surface area (TPSA) is 108 Å². The fraction of sp³-hybridized carbons (Fsp3) is 0.333. The molecule has 1 aliphatic rings. The molecular weight excluding hydrogens is 300 g/mol. The number of aryl methyl sites for hydroxylation is 1. The van der Waals surface area contributed by atoms with E-state index in [0.717, 1.165) is 11.6 Å². The van der Waals surface area contributed by atoms with Crippen molar-refractivity contribution in [3.63, 3.8) is 0 Å². The van der Waals surface area contributed by atoms with Crippen LogP contribution < -0.4 is 10.9 Å². The molecule has 1 fully saturated rings. The van der Waals surface area contributed by atoms with Crippen molar-refractivity contribution in [2.24, 2.45) is 0 Å². The summed E-state index contributed by atoms with van der Waals surface area (Å²) in [6.45, 7) is 2.51. The number of hydrogen-bond acceptors (Lipinski definition) is 5. The van der Waals surface area contributed by atoms with E-state index in [4.69, 9.17) is 4.42 Å². The molecule has 3 heterocycles. The van der Waals surface area contributed by atoms with E-state index < -0.39 is 5.91 Å². The van der Waals surface area contributed by atoms with Crippen LogP contribution >= 0.6 is 0 Å². The maximum Gasteiger partial charge on any atom is 0.270 e. The van der Waals surface area contributed by atoms with Gasteiger partial charge in [0.15, 0.2) is 0 Å². The Morgan fingerprint density at radius 1 is 1.48 bits per heavy atom. The minimum Gasteiger partial charge on any atom is -0.472 e. The van der Waals surface area contributed by atoms with Crippen LogP contribution in [-0.4, -0.2) is 45.8 Å². The van der Waals surface area contributed by atoms with Crippen molar-refractivity contribution in [2.75, 3.05) is 13.1 Å². The number of H-pyrrole nitrogens is 1. The molecule has 0 aromatic carbocycles. The molecule has 3 rings (SSSR count).